The van der Waals surface area contributed by atoms with E-state index in [-0.39, 0.29) is 11.9 Å². The average Bonchev–Trinajstić information content (AvgIpc) is 3.55. The molecule has 4 aromatic rings. The number of aromatic nitrogens is 3. The quantitative estimate of drug-likeness (QED) is 0.325. The second kappa shape index (κ2) is 10.7. The molecule has 0 fully saturated rings. The number of nitrogens with one attached hydrogen (secondary N) is 1. The van der Waals surface area contributed by atoms with Gasteiger partial charge in [-0.1, -0.05) is 54.2 Å². The highest BCUT2D eigenvalue weighted by atomic mass is 32.2. The van der Waals surface area contributed by atoms with Crippen LogP contribution in [0.25, 0.3) is 0 Å². The molecule has 0 bridgehead atoms. The Morgan fingerprint density at radius 3 is 2.61 bits per heavy atom. The summed E-state index contributed by atoms with van der Waals surface area (Å²) in [7, 11) is 0. The van der Waals surface area contributed by atoms with Crippen molar-refractivity contribution in [3.05, 3.63) is 86.5 Å². The molecular formula is C23H24N4OS3. The second-order valence-corrected chi connectivity index (χ2v) is 10.1. The SMILES string of the molecule is CC(NC(=O)CSc1nnc(Cc2cccs2)n1CCc1ccccc1)c1cccs1. The summed E-state index contributed by atoms with van der Waals surface area (Å²) in [6, 6.07) is 18.6. The third-order valence-electron chi connectivity index (χ3n) is 4.85. The molecule has 0 aliphatic carbocycles. The summed E-state index contributed by atoms with van der Waals surface area (Å²) in [5, 5.41) is 16.8. The third kappa shape index (κ3) is 6.06. The largest absolute Gasteiger partial charge is 0.348 e. The van der Waals surface area contributed by atoms with Crippen molar-refractivity contribution >= 4 is 40.3 Å². The van der Waals surface area contributed by atoms with Crippen LogP contribution in [0, 0.1) is 0 Å². The highest BCUT2D eigenvalue weighted by molar-refractivity contribution is 7.99. The molecule has 0 radical (unpaired) electrons. The zero-order valence-corrected chi connectivity index (χ0v) is 19.7. The number of thioether (sulfide) groups is 1. The van der Waals surface area contributed by atoms with Gasteiger partial charge < -0.3 is 9.88 Å². The molecule has 5 nitrogen and oxygen atoms in total. The lowest BCUT2D eigenvalue weighted by molar-refractivity contribution is -0.119. The van der Waals surface area contributed by atoms with Crippen LogP contribution in [0.15, 0.2) is 70.5 Å². The molecule has 0 aliphatic rings. The van der Waals surface area contributed by atoms with E-state index in [9.17, 15) is 4.79 Å². The Hall–Kier alpha value is -2.42. The van der Waals surface area contributed by atoms with E-state index < -0.39 is 0 Å². The number of aryl methyl sites for hydroxylation is 1. The minimum atomic E-state index is 0.00307. The number of hydrogen-bond donors (Lipinski definition) is 1. The fourth-order valence-electron chi connectivity index (χ4n) is 3.26. The number of thiophene rings is 2. The van der Waals surface area contributed by atoms with Crippen molar-refractivity contribution in [2.24, 2.45) is 0 Å². The van der Waals surface area contributed by atoms with Crippen molar-refractivity contribution in [3.8, 4) is 0 Å². The van der Waals surface area contributed by atoms with Crippen molar-refractivity contribution in [3.63, 3.8) is 0 Å². The van der Waals surface area contributed by atoms with Gasteiger partial charge in [-0.25, -0.2) is 0 Å². The Bertz CT molecular complexity index is 1080. The van der Waals surface area contributed by atoms with E-state index in [1.165, 1.54) is 22.2 Å². The van der Waals surface area contributed by atoms with Gasteiger partial charge in [0, 0.05) is 22.7 Å². The summed E-state index contributed by atoms with van der Waals surface area (Å²) in [6.45, 7) is 2.79. The zero-order valence-electron chi connectivity index (χ0n) is 17.2. The van der Waals surface area contributed by atoms with Crippen LogP contribution in [0.5, 0.6) is 0 Å². The normalized spacial score (nSPS) is 12.0. The first-order chi connectivity index (χ1) is 15.2. The van der Waals surface area contributed by atoms with E-state index in [0.29, 0.717) is 5.75 Å². The molecule has 0 saturated carbocycles. The van der Waals surface area contributed by atoms with E-state index in [0.717, 1.165) is 35.2 Å². The Balaban J connectivity index is 1.42. The summed E-state index contributed by atoms with van der Waals surface area (Å²) in [6.07, 6.45) is 1.65. The van der Waals surface area contributed by atoms with Gasteiger partial charge in [-0.15, -0.1) is 32.9 Å². The summed E-state index contributed by atoms with van der Waals surface area (Å²) in [4.78, 5) is 14.9. The van der Waals surface area contributed by atoms with Crippen LogP contribution in [-0.2, 0) is 24.2 Å². The smallest absolute Gasteiger partial charge is 0.230 e. The summed E-state index contributed by atoms with van der Waals surface area (Å²) in [5.74, 6) is 1.26. The lowest BCUT2D eigenvalue weighted by Crippen LogP contribution is -2.27. The van der Waals surface area contributed by atoms with Crippen molar-refractivity contribution in [2.45, 2.75) is 37.5 Å². The van der Waals surface area contributed by atoms with Crippen LogP contribution in [0.2, 0.25) is 0 Å². The molecule has 1 N–H and O–H groups in total. The maximum atomic E-state index is 12.5. The summed E-state index contributed by atoms with van der Waals surface area (Å²) >= 11 is 4.82. The number of amides is 1. The molecule has 31 heavy (non-hydrogen) atoms. The van der Waals surface area contributed by atoms with Crippen molar-refractivity contribution < 1.29 is 4.79 Å². The predicted octanol–water partition coefficient (Wildman–Crippen LogP) is 5.20. The Morgan fingerprint density at radius 2 is 1.87 bits per heavy atom. The number of carbonyl (C=O) groups excluding carboxylic acids is 1. The maximum Gasteiger partial charge on any atom is 0.230 e. The molecular weight excluding hydrogens is 444 g/mol. The molecule has 1 atom stereocenters. The number of benzene rings is 1. The van der Waals surface area contributed by atoms with Gasteiger partial charge in [-0.3, -0.25) is 4.79 Å². The fraction of sp³-hybridized carbons (Fsp3) is 0.261. The van der Waals surface area contributed by atoms with Crippen LogP contribution in [0.1, 0.15) is 34.1 Å². The maximum absolute atomic E-state index is 12.5. The van der Waals surface area contributed by atoms with Crippen LogP contribution in [-0.4, -0.2) is 26.4 Å². The molecule has 8 heteroatoms. The lowest BCUT2D eigenvalue weighted by atomic mass is 10.1. The monoisotopic (exact) mass is 468 g/mol. The van der Waals surface area contributed by atoms with Gasteiger partial charge in [0.1, 0.15) is 5.82 Å². The standard InChI is InChI=1S/C23H24N4OS3/c1-17(20-10-6-14-30-20)24-22(28)16-31-23-26-25-21(15-19-9-5-13-29-19)27(23)12-11-18-7-3-2-4-8-18/h2-10,13-14,17H,11-12,15-16H2,1H3,(H,24,28). The van der Waals surface area contributed by atoms with Crippen LogP contribution < -0.4 is 5.32 Å². The molecule has 160 valence electrons. The van der Waals surface area contributed by atoms with Gasteiger partial charge >= 0.3 is 0 Å². The number of nitrogens with zero attached hydrogens (tertiary/aromatic N) is 3. The first kappa shape index (κ1) is 21.8. The van der Waals surface area contributed by atoms with Gasteiger partial charge in [-0.2, -0.15) is 0 Å². The third-order valence-corrected chi connectivity index (χ3v) is 7.75. The number of hydrogen-bond acceptors (Lipinski definition) is 6. The molecule has 1 unspecified atom stereocenters. The van der Waals surface area contributed by atoms with E-state index in [1.807, 2.05) is 30.5 Å². The Morgan fingerprint density at radius 1 is 1.06 bits per heavy atom. The fourth-order valence-corrected chi connectivity index (χ4v) is 5.49. The van der Waals surface area contributed by atoms with Crippen LogP contribution >= 0.6 is 34.4 Å². The lowest BCUT2D eigenvalue weighted by Gasteiger charge is -2.13. The summed E-state index contributed by atoms with van der Waals surface area (Å²) in [5.41, 5.74) is 1.27. The second-order valence-electron chi connectivity index (χ2n) is 7.14. The van der Waals surface area contributed by atoms with E-state index in [2.05, 4.69) is 61.9 Å². The zero-order chi connectivity index (χ0) is 21.5. The topological polar surface area (TPSA) is 59.8 Å². The molecule has 0 saturated heterocycles. The number of carbonyl (C=O) groups is 1. The van der Waals surface area contributed by atoms with Crippen LogP contribution in [0.3, 0.4) is 0 Å². The Kier molecular flexibility index (Phi) is 7.56. The average molecular weight is 469 g/mol. The minimum absolute atomic E-state index is 0.00307. The number of rotatable bonds is 10. The van der Waals surface area contributed by atoms with Gasteiger partial charge in [0.25, 0.3) is 0 Å². The highest BCUT2D eigenvalue weighted by Crippen LogP contribution is 2.22. The predicted molar refractivity (Wildman–Crippen MR) is 129 cm³/mol. The van der Waals surface area contributed by atoms with Crippen molar-refractivity contribution in [1.82, 2.24) is 20.1 Å². The molecule has 0 aliphatic heterocycles. The van der Waals surface area contributed by atoms with Crippen LogP contribution in [0.4, 0.5) is 0 Å². The Labute approximate surface area is 194 Å². The molecule has 3 aromatic heterocycles. The first-order valence-electron chi connectivity index (χ1n) is 10.1. The highest BCUT2D eigenvalue weighted by Gasteiger charge is 2.16. The van der Waals surface area contributed by atoms with E-state index in [4.69, 9.17) is 0 Å². The van der Waals surface area contributed by atoms with E-state index in [1.54, 1.807) is 22.7 Å². The summed E-state index contributed by atoms with van der Waals surface area (Å²) < 4.78 is 2.16. The molecule has 1 aromatic carbocycles. The molecule has 0 spiro atoms. The van der Waals surface area contributed by atoms with Gasteiger partial charge in [0.15, 0.2) is 5.16 Å². The van der Waals surface area contributed by atoms with Gasteiger partial charge in [0.2, 0.25) is 5.91 Å². The van der Waals surface area contributed by atoms with Crippen molar-refractivity contribution in [1.29, 1.82) is 0 Å². The van der Waals surface area contributed by atoms with E-state index >= 15 is 0 Å². The van der Waals surface area contributed by atoms with Gasteiger partial charge in [0.05, 0.1) is 11.8 Å². The van der Waals surface area contributed by atoms with Crippen molar-refractivity contribution in [2.75, 3.05) is 5.75 Å². The molecule has 1 amide bonds. The minimum Gasteiger partial charge on any atom is -0.348 e. The first-order valence-corrected chi connectivity index (χ1v) is 12.9. The molecule has 3 heterocycles. The molecule has 4 rings (SSSR count). The van der Waals surface area contributed by atoms with Gasteiger partial charge in [-0.05, 0) is 41.8 Å².